The lowest BCUT2D eigenvalue weighted by Crippen LogP contribution is -2.52. The summed E-state index contributed by atoms with van der Waals surface area (Å²) in [5.41, 5.74) is 2.06. The molecule has 4 amide bonds. The van der Waals surface area contributed by atoms with Crippen molar-refractivity contribution in [3.63, 3.8) is 0 Å². The van der Waals surface area contributed by atoms with Crippen LogP contribution in [0.15, 0.2) is 24.3 Å². The van der Waals surface area contributed by atoms with Crippen LogP contribution in [0.5, 0.6) is 0 Å². The normalized spacial score (nSPS) is 18.4. The van der Waals surface area contributed by atoms with E-state index in [0.717, 1.165) is 4.90 Å². The van der Waals surface area contributed by atoms with Crippen molar-refractivity contribution < 1.29 is 28.7 Å². The fourth-order valence-corrected chi connectivity index (χ4v) is 2.63. The number of carbonyl (C=O) groups is 3. The van der Waals surface area contributed by atoms with Gasteiger partial charge in [0.05, 0.1) is 13.2 Å². The second-order valence-electron chi connectivity index (χ2n) is 6.02. The molecule has 1 aliphatic rings. The maximum atomic E-state index is 13.1. The summed E-state index contributed by atoms with van der Waals surface area (Å²) in [6, 6.07) is 3.01. The van der Waals surface area contributed by atoms with E-state index in [2.05, 4.69) is 5.32 Å². The lowest BCUT2D eigenvalue weighted by Gasteiger charge is -2.26. The van der Waals surface area contributed by atoms with E-state index >= 15 is 0 Å². The first kappa shape index (κ1) is 18.8. The minimum Gasteiger partial charge on any atom is -0.374 e. The van der Waals surface area contributed by atoms with Crippen molar-refractivity contribution in [2.75, 3.05) is 6.61 Å². The summed E-state index contributed by atoms with van der Waals surface area (Å²) in [4.78, 5) is 37.0. The van der Waals surface area contributed by atoms with Gasteiger partial charge in [0.2, 0.25) is 0 Å². The van der Waals surface area contributed by atoms with Crippen LogP contribution in [-0.2, 0) is 20.9 Å². The fraction of sp³-hybridized carbons (Fsp3) is 0.438. The molecule has 1 aliphatic heterocycles. The highest BCUT2D eigenvalue weighted by molar-refractivity contribution is 6.07. The van der Waals surface area contributed by atoms with E-state index in [1.165, 1.54) is 17.6 Å². The van der Waals surface area contributed by atoms with E-state index in [-0.39, 0.29) is 13.2 Å². The van der Waals surface area contributed by atoms with Crippen molar-refractivity contribution in [2.45, 2.75) is 32.5 Å². The van der Waals surface area contributed by atoms with Crippen LogP contribution in [-0.4, -0.2) is 46.6 Å². The molecule has 1 saturated heterocycles. The van der Waals surface area contributed by atoms with Crippen LogP contribution in [0.2, 0.25) is 0 Å². The maximum absolute atomic E-state index is 13.1. The average Bonchev–Trinajstić information content (AvgIpc) is 2.82. The van der Waals surface area contributed by atoms with Crippen LogP contribution in [0.3, 0.4) is 0 Å². The molecule has 0 unspecified atom stereocenters. The fourth-order valence-electron chi connectivity index (χ4n) is 2.63. The van der Waals surface area contributed by atoms with Crippen LogP contribution >= 0.6 is 0 Å². The molecule has 9 heteroatoms. The van der Waals surface area contributed by atoms with E-state index in [1.807, 2.05) is 0 Å². The Labute approximate surface area is 143 Å². The molecule has 1 aromatic rings. The predicted octanol–water partition coefficient (Wildman–Crippen LogP) is 0.793. The first-order valence-corrected chi connectivity index (χ1v) is 7.74. The quantitative estimate of drug-likeness (QED) is 0.382. The highest BCUT2D eigenvalue weighted by atomic mass is 19.1. The first-order chi connectivity index (χ1) is 11.8. The molecule has 0 aromatic heterocycles. The van der Waals surface area contributed by atoms with Gasteiger partial charge in [0.25, 0.3) is 11.8 Å². The van der Waals surface area contributed by atoms with Gasteiger partial charge in [0, 0.05) is 0 Å². The molecule has 1 fully saturated rings. The molecular formula is C16H20FN3O5. The number of amides is 4. The standard InChI is InChI=1S/C16H20FN3O5/c1-9(2)13(14(21)19-24)20-15(22)12(18-16(20)23)8-25-7-10-4-3-5-11(17)6-10/h3-6,9,12-13,24H,7-8H2,1-2H3,(H,18,23)(H,19,21)/t12-,13+/m0/s1. The summed E-state index contributed by atoms with van der Waals surface area (Å²) < 4.78 is 18.5. The van der Waals surface area contributed by atoms with Crippen molar-refractivity contribution in [1.82, 2.24) is 15.7 Å². The Bertz CT molecular complexity index is 667. The molecule has 1 aromatic carbocycles. The Kier molecular flexibility index (Phi) is 6.05. The third-order valence-electron chi connectivity index (χ3n) is 3.78. The van der Waals surface area contributed by atoms with Crippen molar-refractivity contribution >= 4 is 17.8 Å². The molecule has 2 atom stereocenters. The number of halogens is 1. The molecule has 0 radical (unpaired) electrons. The number of rotatable bonds is 7. The molecule has 136 valence electrons. The topological polar surface area (TPSA) is 108 Å². The van der Waals surface area contributed by atoms with Gasteiger partial charge in [-0.05, 0) is 23.6 Å². The zero-order valence-electron chi connectivity index (χ0n) is 13.9. The van der Waals surface area contributed by atoms with Gasteiger partial charge in [-0.2, -0.15) is 0 Å². The smallest absolute Gasteiger partial charge is 0.325 e. The van der Waals surface area contributed by atoms with Crippen molar-refractivity contribution in [3.05, 3.63) is 35.6 Å². The van der Waals surface area contributed by atoms with Crippen LogP contribution in [0.1, 0.15) is 19.4 Å². The molecule has 2 rings (SSSR count). The van der Waals surface area contributed by atoms with Gasteiger partial charge in [-0.3, -0.25) is 14.8 Å². The van der Waals surface area contributed by atoms with Crippen LogP contribution < -0.4 is 10.8 Å². The van der Waals surface area contributed by atoms with Gasteiger partial charge in [0.15, 0.2) is 0 Å². The van der Waals surface area contributed by atoms with E-state index in [0.29, 0.717) is 5.56 Å². The Balaban J connectivity index is 1.99. The first-order valence-electron chi connectivity index (χ1n) is 7.74. The summed E-state index contributed by atoms with van der Waals surface area (Å²) in [6.07, 6.45) is 0. The Hall–Kier alpha value is -2.52. The number of imide groups is 1. The largest absolute Gasteiger partial charge is 0.374 e. The number of hydrogen-bond donors (Lipinski definition) is 3. The van der Waals surface area contributed by atoms with E-state index < -0.39 is 41.7 Å². The highest BCUT2D eigenvalue weighted by Gasteiger charge is 2.45. The molecule has 1 heterocycles. The van der Waals surface area contributed by atoms with E-state index in [9.17, 15) is 18.8 Å². The van der Waals surface area contributed by atoms with Gasteiger partial charge in [-0.15, -0.1) is 0 Å². The second kappa shape index (κ2) is 8.04. The van der Waals surface area contributed by atoms with E-state index in [1.54, 1.807) is 26.0 Å². The molecule has 25 heavy (non-hydrogen) atoms. The lowest BCUT2D eigenvalue weighted by atomic mass is 10.0. The Morgan fingerprint density at radius 2 is 2.16 bits per heavy atom. The van der Waals surface area contributed by atoms with Gasteiger partial charge in [-0.25, -0.2) is 19.6 Å². The number of nitrogens with zero attached hydrogens (tertiary/aromatic N) is 1. The third kappa shape index (κ3) is 4.31. The average molecular weight is 353 g/mol. The summed E-state index contributed by atoms with van der Waals surface area (Å²) in [7, 11) is 0. The zero-order valence-corrected chi connectivity index (χ0v) is 13.9. The number of carbonyl (C=O) groups excluding carboxylic acids is 3. The SMILES string of the molecule is CC(C)[C@H](C(=O)NO)N1C(=O)N[C@@H](COCc2cccc(F)c2)C1=O. The van der Waals surface area contributed by atoms with Crippen molar-refractivity contribution in [3.8, 4) is 0 Å². The Morgan fingerprint density at radius 3 is 2.76 bits per heavy atom. The van der Waals surface area contributed by atoms with Crippen molar-refractivity contribution in [1.29, 1.82) is 0 Å². The summed E-state index contributed by atoms with van der Waals surface area (Å²) in [5.74, 6) is -2.26. The highest BCUT2D eigenvalue weighted by Crippen LogP contribution is 2.18. The second-order valence-corrected chi connectivity index (χ2v) is 6.02. The van der Waals surface area contributed by atoms with Gasteiger partial charge in [-0.1, -0.05) is 26.0 Å². The molecule has 3 N–H and O–H groups in total. The van der Waals surface area contributed by atoms with Crippen LogP contribution in [0.25, 0.3) is 0 Å². The number of benzene rings is 1. The number of ether oxygens (including phenoxy) is 1. The van der Waals surface area contributed by atoms with Crippen LogP contribution in [0, 0.1) is 11.7 Å². The molecule has 0 saturated carbocycles. The molecule has 0 spiro atoms. The number of hydrogen-bond acceptors (Lipinski definition) is 5. The monoisotopic (exact) mass is 353 g/mol. The molecule has 0 aliphatic carbocycles. The minimum absolute atomic E-state index is 0.0716. The summed E-state index contributed by atoms with van der Waals surface area (Å²) in [5, 5.41) is 11.3. The predicted molar refractivity (Wildman–Crippen MR) is 83.8 cm³/mol. The number of urea groups is 1. The molecule has 8 nitrogen and oxygen atoms in total. The molecule has 0 bridgehead atoms. The van der Waals surface area contributed by atoms with Gasteiger partial charge in [0.1, 0.15) is 17.9 Å². The van der Waals surface area contributed by atoms with Gasteiger partial charge >= 0.3 is 6.03 Å². The van der Waals surface area contributed by atoms with Crippen molar-refractivity contribution in [2.24, 2.45) is 5.92 Å². The summed E-state index contributed by atoms with van der Waals surface area (Å²) >= 11 is 0. The zero-order chi connectivity index (χ0) is 18.6. The molecular weight excluding hydrogens is 333 g/mol. The third-order valence-corrected chi connectivity index (χ3v) is 3.78. The minimum atomic E-state index is -1.13. The van der Waals surface area contributed by atoms with Crippen LogP contribution in [0.4, 0.5) is 9.18 Å². The van der Waals surface area contributed by atoms with Gasteiger partial charge < -0.3 is 10.1 Å². The number of hydroxylamine groups is 1. The lowest BCUT2D eigenvalue weighted by molar-refractivity contribution is -0.142. The summed E-state index contributed by atoms with van der Waals surface area (Å²) in [6.45, 7) is 3.24. The number of nitrogens with one attached hydrogen (secondary N) is 2. The maximum Gasteiger partial charge on any atom is 0.325 e. The Morgan fingerprint density at radius 1 is 1.44 bits per heavy atom. The van der Waals surface area contributed by atoms with E-state index in [4.69, 9.17) is 9.94 Å².